The topological polar surface area (TPSA) is 21.3 Å². The van der Waals surface area contributed by atoms with Crippen LogP contribution in [0, 0.1) is 13.8 Å². The van der Waals surface area contributed by atoms with E-state index in [1.807, 2.05) is 0 Å². The van der Waals surface area contributed by atoms with E-state index in [0.29, 0.717) is 6.04 Å². The molecule has 2 rings (SSSR count). The summed E-state index contributed by atoms with van der Waals surface area (Å²) in [4.78, 5) is 0. The Labute approximate surface area is 111 Å². The van der Waals surface area contributed by atoms with Gasteiger partial charge in [-0.15, -0.1) is 0 Å². The lowest BCUT2D eigenvalue weighted by Gasteiger charge is -2.20. The van der Waals surface area contributed by atoms with E-state index in [1.54, 1.807) is 0 Å². The Morgan fingerprint density at radius 1 is 1.33 bits per heavy atom. The van der Waals surface area contributed by atoms with Crippen LogP contribution in [-0.4, -0.2) is 18.7 Å². The van der Waals surface area contributed by atoms with Gasteiger partial charge >= 0.3 is 0 Å². The predicted octanol–water partition coefficient (Wildman–Crippen LogP) is 3.39. The summed E-state index contributed by atoms with van der Waals surface area (Å²) >= 11 is 0. The van der Waals surface area contributed by atoms with E-state index < -0.39 is 0 Å². The number of hydrogen-bond donors (Lipinski definition) is 1. The molecule has 2 heteroatoms. The van der Waals surface area contributed by atoms with Crippen LogP contribution >= 0.6 is 0 Å². The first-order valence-electron chi connectivity index (χ1n) is 7.07. The molecule has 0 saturated carbocycles. The SMILES string of the molecule is Cc1ccc(CC2CCCN2)c(OC(C)C)c1C. The lowest BCUT2D eigenvalue weighted by Crippen LogP contribution is -2.24. The van der Waals surface area contributed by atoms with Crippen LogP contribution in [-0.2, 0) is 6.42 Å². The minimum Gasteiger partial charge on any atom is -0.490 e. The molecule has 1 aliphatic heterocycles. The van der Waals surface area contributed by atoms with E-state index in [-0.39, 0.29) is 6.10 Å². The zero-order valence-corrected chi connectivity index (χ0v) is 12.0. The van der Waals surface area contributed by atoms with Crippen LogP contribution in [0.25, 0.3) is 0 Å². The second kappa shape index (κ2) is 5.75. The first-order valence-corrected chi connectivity index (χ1v) is 7.07. The van der Waals surface area contributed by atoms with Gasteiger partial charge in [0.1, 0.15) is 5.75 Å². The standard InChI is InChI=1S/C16H25NO/c1-11(2)18-16-13(4)12(3)7-8-14(16)10-15-6-5-9-17-15/h7-8,11,15,17H,5-6,9-10H2,1-4H3. The van der Waals surface area contributed by atoms with Gasteiger partial charge in [-0.1, -0.05) is 12.1 Å². The maximum atomic E-state index is 6.04. The van der Waals surface area contributed by atoms with Crippen molar-refractivity contribution in [2.45, 2.75) is 59.1 Å². The van der Waals surface area contributed by atoms with E-state index in [1.165, 1.54) is 29.5 Å². The van der Waals surface area contributed by atoms with Gasteiger partial charge in [0, 0.05) is 6.04 Å². The van der Waals surface area contributed by atoms with E-state index in [4.69, 9.17) is 4.74 Å². The molecule has 0 spiro atoms. The average molecular weight is 247 g/mol. The molecule has 1 aliphatic rings. The molecular weight excluding hydrogens is 222 g/mol. The van der Waals surface area contributed by atoms with Crippen LogP contribution in [0.4, 0.5) is 0 Å². The van der Waals surface area contributed by atoms with Crippen LogP contribution in [0.1, 0.15) is 43.4 Å². The smallest absolute Gasteiger partial charge is 0.126 e. The molecule has 1 N–H and O–H groups in total. The predicted molar refractivity (Wildman–Crippen MR) is 76.4 cm³/mol. The average Bonchev–Trinajstić information content (AvgIpc) is 2.81. The molecule has 1 aromatic rings. The molecule has 0 aromatic heterocycles. The first kappa shape index (κ1) is 13.4. The molecule has 1 atom stereocenters. The number of ether oxygens (including phenoxy) is 1. The van der Waals surface area contributed by atoms with Crippen molar-refractivity contribution in [1.29, 1.82) is 0 Å². The summed E-state index contributed by atoms with van der Waals surface area (Å²) in [6, 6.07) is 5.08. The second-order valence-electron chi connectivity index (χ2n) is 5.66. The molecule has 1 aromatic carbocycles. The third kappa shape index (κ3) is 3.05. The van der Waals surface area contributed by atoms with Gasteiger partial charge in [-0.2, -0.15) is 0 Å². The molecule has 0 radical (unpaired) electrons. The highest BCUT2D eigenvalue weighted by molar-refractivity contribution is 5.45. The summed E-state index contributed by atoms with van der Waals surface area (Å²) in [5, 5.41) is 3.56. The van der Waals surface area contributed by atoms with Crippen LogP contribution in [0.5, 0.6) is 5.75 Å². The van der Waals surface area contributed by atoms with Crippen LogP contribution in [0.3, 0.4) is 0 Å². The molecule has 0 bridgehead atoms. The van der Waals surface area contributed by atoms with Crippen LogP contribution in [0.15, 0.2) is 12.1 Å². The van der Waals surface area contributed by atoms with Crippen molar-refractivity contribution in [2.75, 3.05) is 6.54 Å². The Morgan fingerprint density at radius 2 is 2.11 bits per heavy atom. The highest BCUT2D eigenvalue weighted by atomic mass is 16.5. The maximum Gasteiger partial charge on any atom is 0.126 e. The molecule has 1 saturated heterocycles. The van der Waals surface area contributed by atoms with Crippen molar-refractivity contribution < 1.29 is 4.74 Å². The summed E-state index contributed by atoms with van der Waals surface area (Å²) in [6.45, 7) is 9.67. The molecule has 100 valence electrons. The Hall–Kier alpha value is -1.02. The molecule has 1 fully saturated rings. The van der Waals surface area contributed by atoms with Crippen molar-refractivity contribution in [3.05, 3.63) is 28.8 Å². The molecular formula is C16H25NO. The Balaban J connectivity index is 2.24. The zero-order valence-electron chi connectivity index (χ0n) is 12.0. The van der Waals surface area contributed by atoms with Crippen molar-refractivity contribution in [1.82, 2.24) is 5.32 Å². The minimum atomic E-state index is 0.237. The number of aryl methyl sites for hydroxylation is 1. The number of benzene rings is 1. The highest BCUT2D eigenvalue weighted by Gasteiger charge is 2.18. The van der Waals surface area contributed by atoms with Crippen molar-refractivity contribution >= 4 is 0 Å². The second-order valence-corrected chi connectivity index (χ2v) is 5.66. The zero-order chi connectivity index (χ0) is 13.1. The first-order chi connectivity index (χ1) is 8.58. The fraction of sp³-hybridized carbons (Fsp3) is 0.625. The Kier molecular flexibility index (Phi) is 4.28. The Bertz CT molecular complexity index is 406. The van der Waals surface area contributed by atoms with Gasteiger partial charge in [0.15, 0.2) is 0 Å². The third-order valence-corrected chi connectivity index (χ3v) is 3.74. The third-order valence-electron chi connectivity index (χ3n) is 3.74. The fourth-order valence-corrected chi connectivity index (χ4v) is 2.60. The largest absolute Gasteiger partial charge is 0.490 e. The lowest BCUT2D eigenvalue weighted by molar-refractivity contribution is 0.237. The van der Waals surface area contributed by atoms with Gasteiger partial charge in [0.05, 0.1) is 6.10 Å². The van der Waals surface area contributed by atoms with Gasteiger partial charge in [-0.25, -0.2) is 0 Å². The number of nitrogens with one attached hydrogen (secondary N) is 1. The van der Waals surface area contributed by atoms with Crippen molar-refractivity contribution in [3.63, 3.8) is 0 Å². The quantitative estimate of drug-likeness (QED) is 0.880. The van der Waals surface area contributed by atoms with Gasteiger partial charge in [0.2, 0.25) is 0 Å². The van der Waals surface area contributed by atoms with Gasteiger partial charge in [0.25, 0.3) is 0 Å². The molecule has 1 heterocycles. The Morgan fingerprint density at radius 3 is 2.72 bits per heavy atom. The molecule has 0 amide bonds. The van der Waals surface area contributed by atoms with Crippen LogP contribution < -0.4 is 10.1 Å². The normalized spacial score (nSPS) is 19.5. The monoisotopic (exact) mass is 247 g/mol. The number of rotatable bonds is 4. The lowest BCUT2D eigenvalue weighted by atomic mass is 9.98. The van der Waals surface area contributed by atoms with Crippen LogP contribution in [0.2, 0.25) is 0 Å². The van der Waals surface area contributed by atoms with Gasteiger partial charge < -0.3 is 10.1 Å². The van der Waals surface area contributed by atoms with Gasteiger partial charge in [-0.05, 0) is 70.2 Å². The fourth-order valence-electron chi connectivity index (χ4n) is 2.60. The molecule has 18 heavy (non-hydrogen) atoms. The number of hydrogen-bond acceptors (Lipinski definition) is 2. The molecule has 1 unspecified atom stereocenters. The summed E-state index contributed by atoms with van der Waals surface area (Å²) in [7, 11) is 0. The van der Waals surface area contributed by atoms with Crippen molar-refractivity contribution in [3.8, 4) is 5.75 Å². The van der Waals surface area contributed by atoms with E-state index >= 15 is 0 Å². The maximum absolute atomic E-state index is 6.04. The molecule has 0 aliphatic carbocycles. The summed E-state index contributed by atoms with van der Waals surface area (Å²) in [5.74, 6) is 1.11. The van der Waals surface area contributed by atoms with E-state index in [0.717, 1.165) is 18.7 Å². The van der Waals surface area contributed by atoms with E-state index in [9.17, 15) is 0 Å². The van der Waals surface area contributed by atoms with Gasteiger partial charge in [-0.3, -0.25) is 0 Å². The molecule has 2 nitrogen and oxygen atoms in total. The summed E-state index contributed by atoms with van der Waals surface area (Å²) in [6.07, 6.45) is 3.91. The summed E-state index contributed by atoms with van der Waals surface area (Å²) < 4.78 is 6.04. The van der Waals surface area contributed by atoms with Crippen molar-refractivity contribution in [2.24, 2.45) is 0 Å². The summed E-state index contributed by atoms with van der Waals surface area (Å²) in [5.41, 5.74) is 3.96. The minimum absolute atomic E-state index is 0.237. The highest BCUT2D eigenvalue weighted by Crippen LogP contribution is 2.29. The van der Waals surface area contributed by atoms with E-state index in [2.05, 4.69) is 45.1 Å².